The molecule has 1 heterocycles. The van der Waals surface area contributed by atoms with Gasteiger partial charge in [0.2, 0.25) is 0 Å². The van der Waals surface area contributed by atoms with Crippen LogP contribution in [0.1, 0.15) is 5.56 Å². The van der Waals surface area contributed by atoms with Crippen molar-refractivity contribution < 1.29 is 23.8 Å². The maximum absolute atomic E-state index is 11.7. The van der Waals surface area contributed by atoms with Crippen LogP contribution >= 0.6 is 11.6 Å². The Labute approximate surface area is 126 Å². The predicted molar refractivity (Wildman–Crippen MR) is 78.3 cm³/mol. The first-order valence-electron chi connectivity index (χ1n) is 6.00. The predicted octanol–water partition coefficient (Wildman–Crippen LogP) is 2.25. The van der Waals surface area contributed by atoms with Crippen molar-refractivity contribution in [3.05, 3.63) is 23.3 Å². The lowest BCUT2D eigenvalue weighted by molar-refractivity contribution is -0.136. The summed E-state index contributed by atoms with van der Waals surface area (Å²) in [6.07, 6.45) is 1.59. The molecule has 1 aliphatic rings. The molecule has 0 unspecified atom stereocenters. The molecule has 0 aliphatic carbocycles. The summed E-state index contributed by atoms with van der Waals surface area (Å²) in [6.45, 7) is 0. The van der Waals surface area contributed by atoms with Gasteiger partial charge in [0.05, 0.1) is 32.8 Å². The molecule has 1 aromatic carbocycles. The van der Waals surface area contributed by atoms with Crippen LogP contribution in [0.25, 0.3) is 6.08 Å². The van der Waals surface area contributed by atoms with Crippen LogP contribution in [0.5, 0.6) is 17.2 Å². The normalized spacial score (nSPS) is 15.7. The van der Waals surface area contributed by atoms with Gasteiger partial charge in [-0.2, -0.15) is 0 Å². The molecule has 0 fully saturated rings. The lowest BCUT2D eigenvalue weighted by Crippen LogP contribution is -2.06. The highest BCUT2D eigenvalue weighted by molar-refractivity contribution is 6.38. The molecule has 0 spiro atoms. The molecule has 2 rings (SSSR count). The molecule has 6 nitrogen and oxygen atoms in total. The van der Waals surface area contributed by atoms with Crippen LogP contribution in [0.2, 0.25) is 0 Å². The number of ether oxygens (including phenoxy) is 3. The van der Waals surface area contributed by atoms with E-state index >= 15 is 0 Å². The zero-order valence-corrected chi connectivity index (χ0v) is 12.6. The average molecular weight is 312 g/mol. The maximum Gasteiger partial charge on any atom is 0.367 e. The molecule has 0 saturated carbocycles. The van der Waals surface area contributed by atoms with Crippen LogP contribution in [-0.2, 0) is 9.63 Å². The zero-order chi connectivity index (χ0) is 15.4. The number of hydrogen-bond acceptors (Lipinski definition) is 6. The average Bonchev–Trinajstić information content (AvgIpc) is 2.87. The van der Waals surface area contributed by atoms with Crippen molar-refractivity contribution in [2.45, 2.75) is 0 Å². The Hall–Kier alpha value is -2.21. The summed E-state index contributed by atoms with van der Waals surface area (Å²) in [4.78, 5) is 16.3. The Balaban J connectivity index is 2.53. The fourth-order valence-electron chi connectivity index (χ4n) is 1.87. The van der Waals surface area contributed by atoms with Crippen LogP contribution in [0.4, 0.5) is 0 Å². The van der Waals surface area contributed by atoms with Crippen molar-refractivity contribution in [1.29, 1.82) is 0 Å². The largest absolute Gasteiger partial charge is 0.496 e. The first-order valence-corrected chi connectivity index (χ1v) is 6.54. The van der Waals surface area contributed by atoms with Gasteiger partial charge in [-0.25, -0.2) is 4.79 Å². The molecule has 1 aromatic rings. The number of rotatable bonds is 5. The molecule has 0 bridgehead atoms. The highest BCUT2D eigenvalue weighted by Gasteiger charge is 2.25. The standard InChI is InChI=1S/C14H14ClNO5/c1-18-11-6-13(20-3)12(19-2)5-8(11)4-9-10(7-15)16-21-14(9)17/h4-6H,7H2,1-3H3/b9-4-. The van der Waals surface area contributed by atoms with Gasteiger partial charge >= 0.3 is 5.97 Å². The minimum absolute atomic E-state index is 0.0766. The van der Waals surface area contributed by atoms with Crippen molar-refractivity contribution >= 4 is 29.4 Å². The number of benzene rings is 1. The van der Waals surface area contributed by atoms with Crippen molar-refractivity contribution in [2.75, 3.05) is 27.2 Å². The topological polar surface area (TPSA) is 66.4 Å². The smallest absolute Gasteiger partial charge is 0.367 e. The van der Waals surface area contributed by atoms with Gasteiger partial charge in [-0.3, -0.25) is 0 Å². The van der Waals surface area contributed by atoms with E-state index in [0.29, 0.717) is 28.5 Å². The van der Waals surface area contributed by atoms with Crippen molar-refractivity contribution in [2.24, 2.45) is 5.16 Å². The number of carbonyl (C=O) groups excluding carboxylic acids is 1. The van der Waals surface area contributed by atoms with Gasteiger partial charge < -0.3 is 19.0 Å². The van der Waals surface area contributed by atoms with Crippen molar-refractivity contribution in [1.82, 2.24) is 0 Å². The van der Waals surface area contributed by atoms with Gasteiger partial charge in [-0.05, 0) is 12.1 Å². The highest BCUT2D eigenvalue weighted by atomic mass is 35.5. The number of hydrogen-bond donors (Lipinski definition) is 0. The SMILES string of the molecule is COc1cc(OC)c(OC)cc1/C=C1\C(=O)ON=C1CCl. The summed E-state index contributed by atoms with van der Waals surface area (Å²) in [5, 5.41) is 3.61. The maximum atomic E-state index is 11.7. The van der Waals surface area contributed by atoms with Crippen LogP contribution < -0.4 is 14.2 Å². The van der Waals surface area contributed by atoms with E-state index < -0.39 is 5.97 Å². The van der Waals surface area contributed by atoms with E-state index in [1.165, 1.54) is 21.3 Å². The number of halogens is 1. The monoisotopic (exact) mass is 311 g/mol. The molecular weight excluding hydrogens is 298 g/mol. The zero-order valence-electron chi connectivity index (χ0n) is 11.8. The second kappa shape index (κ2) is 6.49. The van der Waals surface area contributed by atoms with Gasteiger partial charge in [0.15, 0.2) is 11.5 Å². The molecule has 112 valence electrons. The van der Waals surface area contributed by atoms with Crippen molar-refractivity contribution in [3.8, 4) is 17.2 Å². The third-order valence-corrected chi connectivity index (χ3v) is 3.19. The summed E-state index contributed by atoms with van der Waals surface area (Å²) in [5.41, 5.74) is 1.29. The third kappa shape index (κ3) is 2.95. The Morgan fingerprint density at radius 1 is 1.14 bits per heavy atom. The van der Waals surface area contributed by atoms with E-state index in [9.17, 15) is 4.79 Å². The Bertz CT molecular complexity index is 624. The molecule has 0 saturated heterocycles. The number of oxime groups is 1. The van der Waals surface area contributed by atoms with Gasteiger partial charge in [0, 0.05) is 11.6 Å². The van der Waals surface area contributed by atoms with E-state index in [2.05, 4.69) is 9.99 Å². The van der Waals surface area contributed by atoms with Crippen LogP contribution in [0.15, 0.2) is 22.9 Å². The highest BCUT2D eigenvalue weighted by Crippen LogP contribution is 2.36. The lowest BCUT2D eigenvalue weighted by atomic mass is 10.1. The number of alkyl halides is 1. The van der Waals surface area contributed by atoms with Crippen molar-refractivity contribution in [3.63, 3.8) is 0 Å². The Morgan fingerprint density at radius 2 is 1.76 bits per heavy atom. The summed E-state index contributed by atoms with van der Waals surface area (Å²) in [5.74, 6) is 1.08. The second-order valence-corrected chi connectivity index (χ2v) is 4.32. The van der Waals surface area contributed by atoms with E-state index in [0.717, 1.165) is 0 Å². The minimum atomic E-state index is -0.553. The molecule has 0 N–H and O–H groups in total. The van der Waals surface area contributed by atoms with E-state index in [-0.39, 0.29) is 11.5 Å². The number of carbonyl (C=O) groups is 1. The Morgan fingerprint density at radius 3 is 2.33 bits per heavy atom. The summed E-state index contributed by atoms with van der Waals surface area (Å²) < 4.78 is 15.7. The van der Waals surface area contributed by atoms with Crippen LogP contribution in [-0.4, -0.2) is 38.9 Å². The lowest BCUT2D eigenvalue weighted by Gasteiger charge is -2.12. The summed E-state index contributed by atoms with van der Waals surface area (Å²) >= 11 is 5.73. The molecule has 0 aromatic heterocycles. The number of methoxy groups -OCH3 is 3. The molecule has 0 radical (unpaired) electrons. The Kier molecular flexibility index (Phi) is 4.70. The summed E-state index contributed by atoms with van der Waals surface area (Å²) in [6, 6.07) is 3.37. The fourth-order valence-corrected chi connectivity index (χ4v) is 2.07. The molecule has 21 heavy (non-hydrogen) atoms. The van der Waals surface area contributed by atoms with Gasteiger partial charge in [-0.1, -0.05) is 5.16 Å². The number of nitrogens with zero attached hydrogens (tertiary/aromatic N) is 1. The molecule has 1 aliphatic heterocycles. The van der Waals surface area contributed by atoms with Gasteiger partial charge in [0.1, 0.15) is 11.5 Å². The molecule has 0 atom stereocenters. The quantitative estimate of drug-likeness (QED) is 0.474. The second-order valence-electron chi connectivity index (χ2n) is 4.06. The van der Waals surface area contributed by atoms with Gasteiger partial charge in [-0.15, -0.1) is 11.6 Å². The van der Waals surface area contributed by atoms with E-state index in [1.807, 2.05) is 0 Å². The first kappa shape index (κ1) is 15.2. The molecular formula is C14H14ClNO5. The molecule has 7 heteroatoms. The van der Waals surface area contributed by atoms with Crippen LogP contribution in [0.3, 0.4) is 0 Å². The van der Waals surface area contributed by atoms with E-state index in [1.54, 1.807) is 18.2 Å². The first-order chi connectivity index (χ1) is 10.1. The van der Waals surface area contributed by atoms with Crippen LogP contribution in [0, 0.1) is 0 Å². The van der Waals surface area contributed by atoms with Gasteiger partial charge in [0.25, 0.3) is 0 Å². The molecule has 0 amide bonds. The van der Waals surface area contributed by atoms with E-state index in [4.69, 9.17) is 25.8 Å². The third-order valence-electron chi connectivity index (χ3n) is 2.93. The summed E-state index contributed by atoms with van der Waals surface area (Å²) in [7, 11) is 4.57. The minimum Gasteiger partial charge on any atom is -0.496 e. The fraction of sp³-hybridized carbons (Fsp3) is 0.286.